The highest BCUT2D eigenvalue weighted by molar-refractivity contribution is 5.79. The standard InChI is InChI=1S/C25H28N4O4/c1-19-3-2-4-20(13-19)16-26-17-21-14-22(29-7-9-31-10-8-29)15-25(28-21)33-12-11-32-24-6-5-23(30)18-27-24/h2-6,13-16,18,30H,7-12,17H2,1H3. The molecule has 0 spiro atoms. The second kappa shape index (κ2) is 11.3. The Hall–Kier alpha value is -3.65. The highest BCUT2D eigenvalue weighted by Gasteiger charge is 2.14. The quantitative estimate of drug-likeness (QED) is 0.396. The third kappa shape index (κ3) is 6.92. The number of aromatic hydroxyl groups is 1. The predicted octanol–water partition coefficient (Wildman–Crippen LogP) is 3.40. The average molecular weight is 449 g/mol. The predicted molar refractivity (Wildman–Crippen MR) is 127 cm³/mol. The summed E-state index contributed by atoms with van der Waals surface area (Å²) in [6, 6.07) is 15.4. The second-order valence-corrected chi connectivity index (χ2v) is 7.69. The lowest BCUT2D eigenvalue weighted by atomic mass is 10.1. The molecular weight excluding hydrogens is 420 g/mol. The van der Waals surface area contributed by atoms with E-state index in [4.69, 9.17) is 14.2 Å². The van der Waals surface area contributed by atoms with Crippen LogP contribution in [0.25, 0.3) is 0 Å². The molecule has 172 valence electrons. The molecule has 0 atom stereocenters. The number of morpholine rings is 1. The van der Waals surface area contributed by atoms with Crippen LogP contribution in [0.5, 0.6) is 17.5 Å². The van der Waals surface area contributed by atoms with Crippen LogP contribution in [0.3, 0.4) is 0 Å². The van der Waals surface area contributed by atoms with Gasteiger partial charge in [-0.05, 0) is 24.6 Å². The number of aliphatic imine (C=N–C) groups is 1. The van der Waals surface area contributed by atoms with E-state index in [0.717, 1.165) is 30.0 Å². The van der Waals surface area contributed by atoms with Crippen LogP contribution in [0, 0.1) is 6.92 Å². The van der Waals surface area contributed by atoms with Gasteiger partial charge in [0.2, 0.25) is 11.8 Å². The first-order valence-corrected chi connectivity index (χ1v) is 11.0. The molecule has 0 saturated carbocycles. The molecule has 1 aliphatic heterocycles. The van der Waals surface area contributed by atoms with E-state index in [2.05, 4.69) is 45.0 Å². The Kier molecular flexibility index (Phi) is 7.71. The highest BCUT2D eigenvalue weighted by Crippen LogP contribution is 2.23. The number of rotatable bonds is 9. The molecule has 1 saturated heterocycles. The topological polar surface area (TPSA) is 89.3 Å². The maximum absolute atomic E-state index is 9.30. The van der Waals surface area contributed by atoms with Gasteiger partial charge < -0.3 is 24.2 Å². The summed E-state index contributed by atoms with van der Waals surface area (Å²) in [6.45, 7) is 6.19. The fraction of sp³-hybridized carbons (Fsp3) is 0.320. The van der Waals surface area contributed by atoms with Crippen molar-refractivity contribution in [2.75, 3.05) is 44.4 Å². The monoisotopic (exact) mass is 448 g/mol. The lowest BCUT2D eigenvalue weighted by Crippen LogP contribution is -2.36. The summed E-state index contributed by atoms with van der Waals surface area (Å²) in [5.74, 6) is 1.06. The lowest BCUT2D eigenvalue weighted by Gasteiger charge is -2.29. The van der Waals surface area contributed by atoms with Gasteiger partial charge in [0.15, 0.2) is 0 Å². The average Bonchev–Trinajstić information content (AvgIpc) is 2.83. The number of benzene rings is 1. The summed E-state index contributed by atoms with van der Waals surface area (Å²) in [5, 5.41) is 9.30. The van der Waals surface area contributed by atoms with Gasteiger partial charge in [-0.15, -0.1) is 0 Å². The van der Waals surface area contributed by atoms with E-state index in [-0.39, 0.29) is 5.75 Å². The van der Waals surface area contributed by atoms with Gasteiger partial charge in [0, 0.05) is 37.1 Å². The maximum Gasteiger partial charge on any atom is 0.215 e. The van der Waals surface area contributed by atoms with Crippen LogP contribution in [0.4, 0.5) is 5.69 Å². The molecule has 1 aromatic carbocycles. The molecule has 0 amide bonds. The molecule has 1 aliphatic rings. The van der Waals surface area contributed by atoms with Crippen molar-refractivity contribution in [3.8, 4) is 17.5 Å². The van der Waals surface area contributed by atoms with Crippen LogP contribution in [0.1, 0.15) is 16.8 Å². The van der Waals surface area contributed by atoms with Gasteiger partial charge in [0.25, 0.3) is 0 Å². The van der Waals surface area contributed by atoms with Crippen molar-refractivity contribution < 1.29 is 19.3 Å². The summed E-state index contributed by atoms with van der Waals surface area (Å²) in [5.41, 5.74) is 4.15. The molecule has 4 rings (SSSR count). The molecule has 0 bridgehead atoms. The summed E-state index contributed by atoms with van der Waals surface area (Å²) < 4.78 is 16.9. The Morgan fingerprint density at radius 1 is 1.06 bits per heavy atom. The minimum atomic E-state index is 0.0975. The first-order chi connectivity index (χ1) is 16.2. The zero-order valence-electron chi connectivity index (χ0n) is 18.7. The summed E-state index contributed by atoms with van der Waals surface area (Å²) >= 11 is 0. The van der Waals surface area contributed by atoms with E-state index in [1.54, 1.807) is 6.07 Å². The second-order valence-electron chi connectivity index (χ2n) is 7.69. The number of pyridine rings is 2. The zero-order valence-corrected chi connectivity index (χ0v) is 18.7. The van der Waals surface area contributed by atoms with E-state index in [0.29, 0.717) is 44.7 Å². The molecule has 2 aromatic heterocycles. The third-order valence-corrected chi connectivity index (χ3v) is 5.06. The van der Waals surface area contributed by atoms with Gasteiger partial charge in [0.05, 0.1) is 31.6 Å². The van der Waals surface area contributed by atoms with Gasteiger partial charge in [0.1, 0.15) is 19.0 Å². The number of aromatic nitrogens is 2. The van der Waals surface area contributed by atoms with Gasteiger partial charge in [-0.2, -0.15) is 0 Å². The minimum absolute atomic E-state index is 0.0975. The number of nitrogens with zero attached hydrogens (tertiary/aromatic N) is 4. The molecule has 8 heteroatoms. The first-order valence-electron chi connectivity index (χ1n) is 11.0. The summed E-state index contributed by atoms with van der Waals surface area (Å²) in [6.07, 6.45) is 3.21. The molecule has 33 heavy (non-hydrogen) atoms. The summed E-state index contributed by atoms with van der Waals surface area (Å²) in [7, 11) is 0. The molecule has 3 heterocycles. The Balaban J connectivity index is 1.41. The smallest absolute Gasteiger partial charge is 0.215 e. The number of hydrogen-bond donors (Lipinski definition) is 1. The molecule has 0 aliphatic carbocycles. The molecule has 8 nitrogen and oxygen atoms in total. The largest absolute Gasteiger partial charge is 0.506 e. The van der Waals surface area contributed by atoms with Crippen LogP contribution < -0.4 is 14.4 Å². The van der Waals surface area contributed by atoms with Crippen LogP contribution in [0.2, 0.25) is 0 Å². The Labute approximate surface area is 193 Å². The fourth-order valence-electron chi connectivity index (χ4n) is 3.45. The minimum Gasteiger partial charge on any atom is -0.506 e. The first kappa shape index (κ1) is 22.5. The number of hydrogen-bond acceptors (Lipinski definition) is 8. The van der Waals surface area contributed by atoms with Gasteiger partial charge in [-0.25, -0.2) is 9.97 Å². The molecule has 0 unspecified atom stereocenters. The molecule has 3 aromatic rings. The van der Waals surface area contributed by atoms with Crippen molar-refractivity contribution in [3.63, 3.8) is 0 Å². The molecule has 1 fully saturated rings. The van der Waals surface area contributed by atoms with Crippen LogP contribution in [-0.2, 0) is 11.3 Å². The van der Waals surface area contributed by atoms with Crippen molar-refractivity contribution in [1.82, 2.24) is 9.97 Å². The third-order valence-electron chi connectivity index (χ3n) is 5.06. The Morgan fingerprint density at radius 3 is 2.64 bits per heavy atom. The van der Waals surface area contributed by atoms with Gasteiger partial charge >= 0.3 is 0 Å². The van der Waals surface area contributed by atoms with Crippen LogP contribution in [-0.4, -0.2) is 60.8 Å². The van der Waals surface area contributed by atoms with E-state index in [1.807, 2.05) is 24.4 Å². The zero-order chi connectivity index (χ0) is 22.9. The number of aryl methyl sites for hydroxylation is 1. The normalized spacial score (nSPS) is 13.9. The van der Waals surface area contributed by atoms with Crippen LogP contribution >= 0.6 is 0 Å². The lowest BCUT2D eigenvalue weighted by molar-refractivity contribution is 0.122. The van der Waals surface area contributed by atoms with Crippen molar-refractivity contribution in [1.29, 1.82) is 0 Å². The molecule has 1 N–H and O–H groups in total. The van der Waals surface area contributed by atoms with Crippen LogP contribution in [0.15, 0.2) is 59.7 Å². The van der Waals surface area contributed by atoms with Gasteiger partial charge in [-0.1, -0.05) is 29.8 Å². The Bertz CT molecular complexity index is 1070. The SMILES string of the molecule is Cc1cccc(C=NCc2cc(N3CCOCC3)cc(OCCOc3ccc(O)cn3)n2)c1. The molecule has 0 radical (unpaired) electrons. The van der Waals surface area contributed by atoms with Crippen molar-refractivity contribution in [2.45, 2.75) is 13.5 Å². The fourth-order valence-corrected chi connectivity index (χ4v) is 3.45. The van der Waals surface area contributed by atoms with Crippen molar-refractivity contribution in [2.24, 2.45) is 4.99 Å². The van der Waals surface area contributed by atoms with Gasteiger partial charge in [-0.3, -0.25) is 4.99 Å². The highest BCUT2D eigenvalue weighted by atomic mass is 16.5. The van der Waals surface area contributed by atoms with Crippen molar-refractivity contribution in [3.05, 3.63) is 71.5 Å². The molecular formula is C25H28N4O4. The summed E-state index contributed by atoms with van der Waals surface area (Å²) in [4.78, 5) is 15.5. The van der Waals surface area contributed by atoms with E-state index in [9.17, 15) is 5.11 Å². The van der Waals surface area contributed by atoms with E-state index >= 15 is 0 Å². The maximum atomic E-state index is 9.30. The van der Waals surface area contributed by atoms with E-state index in [1.165, 1.54) is 17.8 Å². The van der Waals surface area contributed by atoms with E-state index < -0.39 is 0 Å². The number of anilines is 1. The number of ether oxygens (including phenoxy) is 3. The Morgan fingerprint density at radius 2 is 1.88 bits per heavy atom. The van der Waals surface area contributed by atoms with Crippen molar-refractivity contribution >= 4 is 11.9 Å².